The van der Waals surface area contributed by atoms with Crippen molar-refractivity contribution in [1.29, 1.82) is 0 Å². The molecule has 2 aliphatic rings. The van der Waals surface area contributed by atoms with E-state index in [0.717, 1.165) is 37.6 Å². The van der Waals surface area contributed by atoms with E-state index in [-0.39, 0.29) is 0 Å². The molecule has 1 aliphatic heterocycles. The van der Waals surface area contributed by atoms with Gasteiger partial charge in [0.2, 0.25) is 0 Å². The minimum Gasteiger partial charge on any atom is -0.356 e. The van der Waals surface area contributed by atoms with Crippen LogP contribution in [0.25, 0.3) is 0 Å². The smallest absolute Gasteiger partial charge is 0.137 e. The lowest BCUT2D eigenvalue weighted by Gasteiger charge is -2.35. The summed E-state index contributed by atoms with van der Waals surface area (Å²) in [6.45, 7) is 4.08. The number of aromatic nitrogens is 5. The third-order valence-electron chi connectivity index (χ3n) is 5.11. The van der Waals surface area contributed by atoms with Gasteiger partial charge in [-0.2, -0.15) is 0 Å². The van der Waals surface area contributed by atoms with E-state index < -0.39 is 0 Å². The molecular formula is C17H24N6. The molecule has 2 aromatic rings. The fraction of sp³-hybridized carbons (Fsp3) is 0.647. The second kappa shape index (κ2) is 5.91. The largest absolute Gasteiger partial charge is 0.356 e. The van der Waals surface area contributed by atoms with Crippen LogP contribution in [0.4, 0.5) is 5.82 Å². The molecule has 3 heterocycles. The first kappa shape index (κ1) is 14.6. The van der Waals surface area contributed by atoms with Crippen LogP contribution in [-0.2, 0) is 19.9 Å². The Morgan fingerprint density at radius 2 is 2.00 bits per heavy atom. The topological polar surface area (TPSA) is 59.7 Å². The second-order valence-electron chi connectivity index (χ2n) is 6.81. The van der Waals surface area contributed by atoms with Gasteiger partial charge in [-0.15, -0.1) is 10.2 Å². The predicted molar refractivity (Wildman–Crippen MR) is 88.6 cm³/mol. The number of piperidine rings is 1. The van der Waals surface area contributed by atoms with Crippen LogP contribution >= 0.6 is 0 Å². The van der Waals surface area contributed by atoms with Gasteiger partial charge in [-0.05, 0) is 45.4 Å². The number of nitrogens with zero attached hydrogens (tertiary/aromatic N) is 6. The van der Waals surface area contributed by atoms with Crippen molar-refractivity contribution in [3.8, 4) is 0 Å². The fourth-order valence-electron chi connectivity index (χ4n) is 4.00. The monoisotopic (exact) mass is 312 g/mol. The molecule has 0 aromatic carbocycles. The Morgan fingerprint density at radius 1 is 1.13 bits per heavy atom. The number of anilines is 1. The summed E-state index contributed by atoms with van der Waals surface area (Å²) in [5, 5.41) is 8.37. The van der Waals surface area contributed by atoms with Crippen molar-refractivity contribution in [2.24, 2.45) is 7.05 Å². The highest BCUT2D eigenvalue weighted by Crippen LogP contribution is 2.33. The van der Waals surface area contributed by atoms with Crippen molar-refractivity contribution in [3.05, 3.63) is 29.2 Å². The molecule has 0 spiro atoms. The molecule has 0 radical (unpaired) electrons. The quantitative estimate of drug-likeness (QED) is 0.850. The lowest BCUT2D eigenvalue weighted by molar-refractivity contribution is 0.475. The molecule has 0 saturated carbocycles. The Morgan fingerprint density at radius 3 is 2.83 bits per heavy atom. The van der Waals surface area contributed by atoms with Gasteiger partial charge in [-0.1, -0.05) is 0 Å². The average Bonchev–Trinajstić information content (AvgIpc) is 3.00. The van der Waals surface area contributed by atoms with Gasteiger partial charge < -0.3 is 9.47 Å². The van der Waals surface area contributed by atoms with Gasteiger partial charge in [0, 0.05) is 37.3 Å². The van der Waals surface area contributed by atoms with E-state index in [9.17, 15) is 0 Å². The van der Waals surface area contributed by atoms with Gasteiger partial charge in [0.15, 0.2) is 0 Å². The number of aryl methyl sites for hydroxylation is 3. The minimum atomic E-state index is 0.436. The van der Waals surface area contributed by atoms with Crippen molar-refractivity contribution in [2.45, 2.75) is 51.4 Å². The summed E-state index contributed by atoms with van der Waals surface area (Å²) >= 11 is 0. The van der Waals surface area contributed by atoms with E-state index in [1.165, 1.54) is 42.8 Å². The first-order valence-electron chi connectivity index (χ1n) is 8.67. The second-order valence-corrected chi connectivity index (χ2v) is 6.81. The summed E-state index contributed by atoms with van der Waals surface area (Å²) in [6.07, 6.45) is 8.88. The molecule has 4 rings (SSSR count). The lowest BCUT2D eigenvalue weighted by Crippen LogP contribution is -2.37. The van der Waals surface area contributed by atoms with Crippen LogP contribution in [0.2, 0.25) is 0 Å². The summed E-state index contributed by atoms with van der Waals surface area (Å²) in [5.41, 5.74) is 2.67. The molecule has 6 heteroatoms. The predicted octanol–water partition coefficient (Wildman–Crippen LogP) is 2.18. The molecule has 23 heavy (non-hydrogen) atoms. The van der Waals surface area contributed by atoms with Crippen molar-refractivity contribution in [2.75, 3.05) is 18.0 Å². The first-order valence-corrected chi connectivity index (χ1v) is 8.67. The summed E-state index contributed by atoms with van der Waals surface area (Å²) in [4.78, 5) is 12.0. The molecule has 0 bridgehead atoms. The van der Waals surface area contributed by atoms with Crippen LogP contribution in [0.5, 0.6) is 0 Å². The number of fused-ring (bicyclic) bond motifs is 1. The van der Waals surface area contributed by atoms with E-state index in [1.54, 1.807) is 6.33 Å². The first-order chi connectivity index (χ1) is 11.2. The molecule has 0 N–H and O–H groups in total. The number of rotatable bonds is 2. The van der Waals surface area contributed by atoms with Crippen LogP contribution in [0.3, 0.4) is 0 Å². The van der Waals surface area contributed by atoms with Crippen molar-refractivity contribution >= 4 is 5.82 Å². The summed E-state index contributed by atoms with van der Waals surface area (Å²) in [5.74, 6) is 3.61. The van der Waals surface area contributed by atoms with Crippen LogP contribution < -0.4 is 4.90 Å². The van der Waals surface area contributed by atoms with Crippen molar-refractivity contribution in [3.63, 3.8) is 0 Å². The lowest BCUT2D eigenvalue weighted by atomic mass is 9.93. The Hall–Kier alpha value is -1.98. The van der Waals surface area contributed by atoms with Gasteiger partial charge in [-0.25, -0.2) is 9.97 Å². The maximum atomic E-state index is 4.82. The Labute approximate surface area is 137 Å². The standard InChI is InChI=1S/C17H24N6/c1-12-19-15-8-4-3-7-14(15)17(20-12)23-9-5-6-13(10-23)16-21-18-11-22(16)2/h11,13H,3-10H2,1-2H3/t13-/m0/s1. The molecular weight excluding hydrogens is 288 g/mol. The van der Waals surface area contributed by atoms with E-state index in [2.05, 4.69) is 24.6 Å². The zero-order chi connectivity index (χ0) is 15.8. The maximum absolute atomic E-state index is 4.82. The number of hydrogen-bond donors (Lipinski definition) is 0. The van der Waals surface area contributed by atoms with Crippen molar-refractivity contribution < 1.29 is 0 Å². The van der Waals surface area contributed by atoms with Gasteiger partial charge in [0.05, 0.1) is 0 Å². The molecule has 1 saturated heterocycles. The Bertz CT molecular complexity index is 707. The molecule has 122 valence electrons. The molecule has 1 atom stereocenters. The van der Waals surface area contributed by atoms with Crippen LogP contribution in [-0.4, -0.2) is 37.8 Å². The van der Waals surface area contributed by atoms with Crippen LogP contribution in [0, 0.1) is 6.92 Å². The highest BCUT2D eigenvalue weighted by Gasteiger charge is 2.28. The van der Waals surface area contributed by atoms with E-state index >= 15 is 0 Å². The zero-order valence-corrected chi connectivity index (χ0v) is 14.0. The minimum absolute atomic E-state index is 0.436. The fourth-order valence-corrected chi connectivity index (χ4v) is 4.00. The van der Waals surface area contributed by atoms with Crippen LogP contribution in [0.1, 0.15) is 54.5 Å². The molecule has 6 nitrogen and oxygen atoms in total. The van der Waals surface area contributed by atoms with Gasteiger partial charge in [0.25, 0.3) is 0 Å². The van der Waals surface area contributed by atoms with E-state index in [1.807, 2.05) is 14.0 Å². The highest BCUT2D eigenvalue weighted by molar-refractivity contribution is 5.51. The molecule has 0 amide bonds. The van der Waals surface area contributed by atoms with Gasteiger partial charge in [0.1, 0.15) is 23.8 Å². The Balaban J connectivity index is 1.65. The van der Waals surface area contributed by atoms with E-state index in [4.69, 9.17) is 4.98 Å². The average molecular weight is 312 g/mol. The molecule has 0 unspecified atom stereocenters. The van der Waals surface area contributed by atoms with Gasteiger partial charge in [-0.3, -0.25) is 0 Å². The van der Waals surface area contributed by atoms with Crippen molar-refractivity contribution in [1.82, 2.24) is 24.7 Å². The normalized spacial score (nSPS) is 21.3. The van der Waals surface area contributed by atoms with Crippen LogP contribution in [0.15, 0.2) is 6.33 Å². The summed E-state index contributed by atoms with van der Waals surface area (Å²) in [7, 11) is 2.03. The van der Waals surface area contributed by atoms with Gasteiger partial charge >= 0.3 is 0 Å². The maximum Gasteiger partial charge on any atom is 0.137 e. The third-order valence-corrected chi connectivity index (χ3v) is 5.11. The number of hydrogen-bond acceptors (Lipinski definition) is 5. The third kappa shape index (κ3) is 2.71. The van der Waals surface area contributed by atoms with E-state index in [0.29, 0.717) is 5.92 Å². The summed E-state index contributed by atoms with van der Waals surface area (Å²) < 4.78 is 2.05. The Kier molecular flexibility index (Phi) is 3.75. The molecule has 1 fully saturated rings. The summed E-state index contributed by atoms with van der Waals surface area (Å²) in [6, 6.07) is 0. The molecule has 2 aromatic heterocycles. The molecule has 1 aliphatic carbocycles. The zero-order valence-electron chi connectivity index (χ0n) is 14.0. The SMILES string of the molecule is Cc1nc2c(c(N3CCC[C@H](c4nncn4C)C3)n1)CCCC2. The highest BCUT2D eigenvalue weighted by atomic mass is 15.3.